The summed E-state index contributed by atoms with van der Waals surface area (Å²) in [4.78, 5) is 35.1. The second-order valence-electron chi connectivity index (χ2n) is 5.45. The molecule has 0 spiro atoms. The van der Waals surface area contributed by atoms with Gasteiger partial charge in [0.05, 0.1) is 10.7 Å². The van der Waals surface area contributed by atoms with E-state index in [1.165, 1.54) is 36.4 Å². The summed E-state index contributed by atoms with van der Waals surface area (Å²) in [6.45, 7) is 0. The van der Waals surface area contributed by atoms with Crippen molar-refractivity contribution in [3.63, 3.8) is 0 Å². The number of carbonyl (C=O) groups excluding carboxylic acids is 3. The molecule has 0 atom stereocenters. The lowest BCUT2D eigenvalue weighted by molar-refractivity contribution is -0.128. The van der Waals surface area contributed by atoms with Gasteiger partial charge in [0.2, 0.25) is 11.8 Å². The number of para-hydroxylation sites is 1. The maximum Gasteiger partial charge on any atom is 0.262 e. The highest BCUT2D eigenvalue weighted by Gasteiger charge is 2.09. The van der Waals surface area contributed by atoms with Gasteiger partial charge in [0.15, 0.2) is 0 Å². The molecule has 2 aromatic carbocycles. The first kappa shape index (κ1) is 20.1. The highest BCUT2D eigenvalue weighted by atomic mass is 35.5. The Balaban J connectivity index is 1.69. The van der Waals surface area contributed by atoms with Crippen molar-refractivity contribution in [1.82, 2.24) is 10.9 Å². The molecular formula is C19H17ClFN3O3. The molecule has 2 rings (SSSR count). The average molecular weight is 390 g/mol. The number of rotatable bonds is 6. The Morgan fingerprint density at radius 2 is 1.59 bits per heavy atom. The molecule has 0 saturated heterocycles. The van der Waals surface area contributed by atoms with Crippen LogP contribution >= 0.6 is 11.6 Å². The van der Waals surface area contributed by atoms with Crippen LogP contribution in [0.4, 0.5) is 10.1 Å². The SMILES string of the molecule is O=C(/C=C\c1ccc(F)cc1)NNC(=O)CCC(=O)Nc1ccccc1Cl. The highest BCUT2D eigenvalue weighted by molar-refractivity contribution is 6.33. The van der Waals surface area contributed by atoms with Gasteiger partial charge >= 0.3 is 0 Å². The van der Waals surface area contributed by atoms with Crippen LogP contribution in [0.5, 0.6) is 0 Å². The van der Waals surface area contributed by atoms with E-state index in [2.05, 4.69) is 16.2 Å². The Kier molecular flexibility index (Phi) is 7.51. The van der Waals surface area contributed by atoms with Crippen LogP contribution in [-0.2, 0) is 14.4 Å². The van der Waals surface area contributed by atoms with Gasteiger partial charge in [-0.05, 0) is 35.9 Å². The summed E-state index contributed by atoms with van der Waals surface area (Å²) in [6.07, 6.45) is 2.48. The molecule has 0 saturated carbocycles. The molecule has 27 heavy (non-hydrogen) atoms. The van der Waals surface area contributed by atoms with Gasteiger partial charge in [-0.25, -0.2) is 4.39 Å². The van der Waals surface area contributed by atoms with Gasteiger partial charge in [-0.1, -0.05) is 35.9 Å². The van der Waals surface area contributed by atoms with E-state index >= 15 is 0 Å². The second kappa shape index (κ2) is 10.1. The minimum Gasteiger partial charge on any atom is -0.325 e. The number of carbonyl (C=O) groups is 3. The summed E-state index contributed by atoms with van der Waals surface area (Å²) in [5.74, 6) is -1.83. The Morgan fingerprint density at radius 3 is 2.30 bits per heavy atom. The summed E-state index contributed by atoms with van der Waals surface area (Å²) in [5.41, 5.74) is 5.49. The lowest BCUT2D eigenvalue weighted by Crippen LogP contribution is -2.41. The quantitative estimate of drug-likeness (QED) is 0.524. The molecular weight excluding hydrogens is 373 g/mol. The van der Waals surface area contributed by atoms with Crippen molar-refractivity contribution in [2.75, 3.05) is 5.32 Å². The normalized spacial score (nSPS) is 10.4. The minimum atomic E-state index is -0.562. The van der Waals surface area contributed by atoms with Gasteiger partial charge in [0.25, 0.3) is 5.91 Å². The van der Waals surface area contributed by atoms with Gasteiger partial charge in [-0.3, -0.25) is 25.2 Å². The topological polar surface area (TPSA) is 87.3 Å². The number of amides is 3. The number of anilines is 1. The molecule has 2 aromatic rings. The van der Waals surface area contributed by atoms with E-state index in [1.54, 1.807) is 24.3 Å². The number of halogens is 2. The fourth-order valence-corrected chi connectivity index (χ4v) is 2.17. The summed E-state index contributed by atoms with van der Waals surface area (Å²) in [7, 11) is 0. The molecule has 0 aliphatic rings. The maximum absolute atomic E-state index is 12.8. The maximum atomic E-state index is 12.8. The van der Waals surface area contributed by atoms with Crippen molar-refractivity contribution < 1.29 is 18.8 Å². The van der Waals surface area contributed by atoms with Crippen molar-refractivity contribution in [3.05, 3.63) is 71.0 Å². The van der Waals surface area contributed by atoms with Crippen LogP contribution in [0.2, 0.25) is 5.02 Å². The standard InChI is InChI=1S/C19H17ClFN3O3/c20-15-3-1-2-4-16(15)22-17(25)11-12-19(27)24-23-18(26)10-7-13-5-8-14(21)9-6-13/h1-10H,11-12H2,(H,22,25)(H,23,26)(H,24,27)/b10-7-. The average Bonchev–Trinajstić information content (AvgIpc) is 2.66. The molecule has 3 N–H and O–H groups in total. The molecule has 0 fully saturated rings. The van der Waals surface area contributed by atoms with E-state index in [0.29, 0.717) is 16.3 Å². The van der Waals surface area contributed by atoms with Crippen LogP contribution in [0.1, 0.15) is 18.4 Å². The molecule has 0 aliphatic carbocycles. The summed E-state index contributed by atoms with van der Waals surface area (Å²) >= 11 is 5.93. The summed E-state index contributed by atoms with van der Waals surface area (Å²) in [5, 5.41) is 3.00. The van der Waals surface area contributed by atoms with E-state index < -0.39 is 11.8 Å². The number of nitrogens with one attached hydrogen (secondary N) is 3. The first-order valence-corrected chi connectivity index (χ1v) is 8.38. The number of hydrazine groups is 1. The van der Waals surface area contributed by atoms with Crippen LogP contribution in [0.3, 0.4) is 0 Å². The molecule has 0 aliphatic heterocycles. The monoisotopic (exact) mass is 389 g/mol. The smallest absolute Gasteiger partial charge is 0.262 e. The number of hydrogen-bond acceptors (Lipinski definition) is 3. The Labute approximate surface area is 160 Å². The van der Waals surface area contributed by atoms with E-state index in [1.807, 2.05) is 0 Å². The van der Waals surface area contributed by atoms with Crippen LogP contribution in [0.25, 0.3) is 6.08 Å². The first-order chi connectivity index (χ1) is 12.9. The molecule has 0 unspecified atom stereocenters. The van der Waals surface area contributed by atoms with Crippen LogP contribution in [0, 0.1) is 5.82 Å². The second-order valence-corrected chi connectivity index (χ2v) is 5.86. The van der Waals surface area contributed by atoms with E-state index in [9.17, 15) is 18.8 Å². The molecule has 140 valence electrons. The highest BCUT2D eigenvalue weighted by Crippen LogP contribution is 2.20. The predicted octanol–water partition coefficient (Wildman–Crippen LogP) is 3.06. The van der Waals surface area contributed by atoms with Crippen molar-refractivity contribution in [3.8, 4) is 0 Å². The fourth-order valence-electron chi connectivity index (χ4n) is 1.98. The Morgan fingerprint density at radius 1 is 0.926 bits per heavy atom. The zero-order valence-corrected chi connectivity index (χ0v) is 14.9. The van der Waals surface area contributed by atoms with Crippen LogP contribution < -0.4 is 16.2 Å². The lowest BCUT2D eigenvalue weighted by Gasteiger charge is -2.07. The Bertz CT molecular complexity index is 854. The molecule has 0 aromatic heterocycles. The Hall–Kier alpha value is -3.19. The van der Waals surface area contributed by atoms with E-state index in [4.69, 9.17) is 11.6 Å². The zero-order chi connectivity index (χ0) is 19.6. The molecule has 0 radical (unpaired) electrons. The van der Waals surface area contributed by atoms with Crippen LogP contribution in [0.15, 0.2) is 54.6 Å². The van der Waals surface area contributed by atoms with Crippen LogP contribution in [-0.4, -0.2) is 17.7 Å². The van der Waals surface area contributed by atoms with Gasteiger partial charge in [0, 0.05) is 18.9 Å². The summed E-state index contributed by atoms with van der Waals surface area (Å²) in [6, 6.07) is 12.3. The molecule has 3 amide bonds. The third-order valence-electron chi connectivity index (χ3n) is 3.35. The lowest BCUT2D eigenvalue weighted by atomic mass is 10.2. The molecule has 0 bridgehead atoms. The minimum absolute atomic E-state index is 0.0711. The van der Waals surface area contributed by atoms with E-state index in [0.717, 1.165) is 0 Å². The molecule has 8 heteroatoms. The van der Waals surface area contributed by atoms with Gasteiger partial charge < -0.3 is 5.32 Å². The summed E-state index contributed by atoms with van der Waals surface area (Å²) < 4.78 is 12.8. The largest absolute Gasteiger partial charge is 0.325 e. The first-order valence-electron chi connectivity index (χ1n) is 8.01. The molecule has 0 heterocycles. The number of benzene rings is 2. The van der Waals surface area contributed by atoms with Crippen molar-refractivity contribution in [1.29, 1.82) is 0 Å². The van der Waals surface area contributed by atoms with Crippen molar-refractivity contribution in [2.24, 2.45) is 0 Å². The van der Waals surface area contributed by atoms with Crippen molar-refractivity contribution >= 4 is 41.1 Å². The predicted molar refractivity (Wildman–Crippen MR) is 101 cm³/mol. The third-order valence-corrected chi connectivity index (χ3v) is 3.68. The fraction of sp³-hybridized carbons (Fsp3) is 0.105. The number of hydrogen-bond donors (Lipinski definition) is 3. The van der Waals surface area contributed by atoms with Gasteiger partial charge in [-0.15, -0.1) is 0 Å². The molecule has 6 nitrogen and oxygen atoms in total. The van der Waals surface area contributed by atoms with E-state index in [-0.39, 0.29) is 24.6 Å². The third kappa shape index (κ3) is 7.29. The zero-order valence-electron chi connectivity index (χ0n) is 14.2. The van der Waals surface area contributed by atoms with Gasteiger partial charge in [-0.2, -0.15) is 0 Å². The van der Waals surface area contributed by atoms with Crippen molar-refractivity contribution in [2.45, 2.75) is 12.8 Å². The van der Waals surface area contributed by atoms with Gasteiger partial charge in [0.1, 0.15) is 5.82 Å².